The van der Waals surface area contributed by atoms with Crippen molar-refractivity contribution in [1.82, 2.24) is 19.9 Å². The summed E-state index contributed by atoms with van der Waals surface area (Å²) in [6.07, 6.45) is 0. The number of nitrogens with zero attached hydrogens (tertiary/aromatic N) is 4. The molecule has 9 heteroatoms. The van der Waals surface area contributed by atoms with Gasteiger partial charge in [-0.15, -0.1) is 0 Å². The summed E-state index contributed by atoms with van der Waals surface area (Å²) in [5.74, 6) is -1.32. The fourth-order valence-corrected chi connectivity index (χ4v) is 2.57. The number of rotatable bonds is 4. The molecule has 0 aliphatic carbocycles. The minimum absolute atomic E-state index is 0.0763. The average Bonchev–Trinajstić information content (AvgIpc) is 3.07. The lowest BCUT2D eigenvalue weighted by Crippen LogP contribution is -2.32. The Morgan fingerprint density at radius 2 is 1.91 bits per heavy atom. The van der Waals surface area contributed by atoms with Crippen molar-refractivity contribution in [3.63, 3.8) is 0 Å². The number of halogens is 1. The average molecular weight is 379 g/mol. The monoisotopic (exact) mass is 378 g/mol. The predicted molar refractivity (Wildman–Crippen MR) is 80.8 cm³/mol. The number of likely N-dealkylation sites (N-methyl/N-ethyl adjacent to an activating group) is 1. The van der Waals surface area contributed by atoms with Gasteiger partial charge >= 0.3 is 17.8 Å². The third-order valence-electron chi connectivity index (χ3n) is 3.30. The Morgan fingerprint density at radius 1 is 1.17 bits per heavy atom. The van der Waals surface area contributed by atoms with Crippen molar-refractivity contribution in [2.75, 3.05) is 6.54 Å². The summed E-state index contributed by atoms with van der Waals surface area (Å²) in [5.41, 5.74) is 0.722. The molecule has 8 nitrogen and oxygen atoms in total. The number of carbonyl (C=O) groups is 3. The van der Waals surface area contributed by atoms with Gasteiger partial charge < -0.3 is 4.52 Å². The first-order valence-electron chi connectivity index (χ1n) is 6.77. The maximum Gasteiger partial charge on any atom is 0.334 e. The topological polar surface area (TPSA) is 96.6 Å². The SMILES string of the molecule is CCN1C(=O)C(=O)N(Cc2nc(-c3cccc(Br)c3)no2)C1=O. The second kappa shape index (κ2) is 5.92. The Bertz CT molecular complexity index is 804. The molecule has 4 amide bonds. The van der Waals surface area contributed by atoms with Gasteiger partial charge in [-0.05, 0) is 19.1 Å². The molecule has 0 N–H and O–H groups in total. The minimum atomic E-state index is -0.890. The number of hydrogen-bond acceptors (Lipinski definition) is 6. The lowest BCUT2D eigenvalue weighted by atomic mass is 10.2. The Balaban J connectivity index is 1.81. The Morgan fingerprint density at radius 3 is 2.57 bits per heavy atom. The van der Waals surface area contributed by atoms with Crippen molar-refractivity contribution < 1.29 is 18.9 Å². The minimum Gasteiger partial charge on any atom is -0.337 e. The fraction of sp³-hybridized carbons (Fsp3) is 0.214. The highest BCUT2D eigenvalue weighted by Crippen LogP contribution is 2.21. The van der Waals surface area contributed by atoms with E-state index in [-0.39, 0.29) is 19.0 Å². The molecular weight excluding hydrogens is 368 g/mol. The van der Waals surface area contributed by atoms with Gasteiger partial charge in [0.25, 0.3) is 0 Å². The van der Waals surface area contributed by atoms with E-state index in [1.165, 1.54) is 0 Å². The van der Waals surface area contributed by atoms with Crippen molar-refractivity contribution in [3.8, 4) is 11.4 Å². The van der Waals surface area contributed by atoms with Crippen LogP contribution in [0, 0.1) is 0 Å². The number of imide groups is 2. The van der Waals surface area contributed by atoms with Crippen LogP contribution in [-0.4, -0.2) is 44.3 Å². The lowest BCUT2D eigenvalue weighted by molar-refractivity contribution is -0.143. The molecule has 0 saturated carbocycles. The highest BCUT2D eigenvalue weighted by atomic mass is 79.9. The van der Waals surface area contributed by atoms with Crippen LogP contribution in [-0.2, 0) is 16.1 Å². The largest absolute Gasteiger partial charge is 0.337 e. The highest BCUT2D eigenvalue weighted by Gasteiger charge is 2.44. The van der Waals surface area contributed by atoms with Gasteiger partial charge in [-0.25, -0.2) is 9.69 Å². The molecule has 1 saturated heterocycles. The molecule has 0 bridgehead atoms. The van der Waals surface area contributed by atoms with Crippen LogP contribution in [0.5, 0.6) is 0 Å². The number of amides is 4. The number of aromatic nitrogens is 2. The Kier molecular flexibility index (Phi) is 3.95. The molecule has 118 valence electrons. The molecule has 23 heavy (non-hydrogen) atoms. The van der Waals surface area contributed by atoms with Crippen molar-refractivity contribution in [2.24, 2.45) is 0 Å². The summed E-state index contributed by atoms with van der Waals surface area (Å²) < 4.78 is 5.93. The summed E-state index contributed by atoms with van der Waals surface area (Å²) in [6, 6.07) is 6.61. The first-order chi connectivity index (χ1) is 11.0. The van der Waals surface area contributed by atoms with Crippen LogP contribution >= 0.6 is 15.9 Å². The Hall–Kier alpha value is -2.55. The van der Waals surface area contributed by atoms with Gasteiger partial charge in [0, 0.05) is 16.6 Å². The zero-order valence-corrected chi connectivity index (χ0v) is 13.6. The second-order valence-corrected chi connectivity index (χ2v) is 5.66. The molecular formula is C14H11BrN4O4. The number of urea groups is 1. The second-order valence-electron chi connectivity index (χ2n) is 4.75. The fourth-order valence-electron chi connectivity index (χ4n) is 2.17. The van der Waals surface area contributed by atoms with Gasteiger partial charge in [0.1, 0.15) is 6.54 Å². The van der Waals surface area contributed by atoms with Crippen molar-refractivity contribution in [1.29, 1.82) is 0 Å². The van der Waals surface area contributed by atoms with Crippen LogP contribution in [0.3, 0.4) is 0 Å². The van der Waals surface area contributed by atoms with Gasteiger partial charge in [0.05, 0.1) is 0 Å². The molecule has 0 spiro atoms. The quantitative estimate of drug-likeness (QED) is 0.594. The molecule has 0 unspecified atom stereocenters. The van der Waals surface area contributed by atoms with E-state index >= 15 is 0 Å². The molecule has 1 aromatic carbocycles. The molecule has 1 aliphatic rings. The van der Waals surface area contributed by atoms with Gasteiger partial charge in [0.2, 0.25) is 11.7 Å². The normalized spacial score (nSPS) is 15.0. The van der Waals surface area contributed by atoms with E-state index in [0.29, 0.717) is 5.82 Å². The zero-order chi connectivity index (χ0) is 16.6. The van der Waals surface area contributed by atoms with Gasteiger partial charge in [0.15, 0.2) is 0 Å². The number of hydrogen-bond donors (Lipinski definition) is 0. The van der Waals surface area contributed by atoms with E-state index in [1.54, 1.807) is 13.0 Å². The van der Waals surface area contributed by atoms with Crippen molar-refractivity contribution >= 4 is 33.8 Å². The third-order valence-corrected chi connectivity index (χ3v) is 3.79. The van der Waals surface area contributed by atoms with E-state index < -0.39 is 17.8 Å². The maximum atomic E-state index is 12.0. The van der Waals surface area contributed by atoms with Gasteiger partial charge in [-0.2, -0.15) is 4.98 Å². The van der Waals surface area contributed by atoms with E-state index in [0.717, 1.165) is 19.8 Å². The molecule has 1 fully saturated rings. The van der Waals surface area contributed by atoms with E-state index in [4.69, 9.17) is 4.52 Å². The first-order valence-corrected chi connectivity index (χ1v) is 7.56. The van der Waals surface area contributed by atoms with E-state index in [2.05, 4.69) is 26.1 Å². The lowest BCUT2D eigenvalue weighted by Gasteiger charge is -2.11. The molecule has 1 aliphatic heterocycles. The smallest absolute Gasteiger partial charge is 0.334 e. The zero-order valence-electron chi connectivity index (χ0n) is 12.0. The Labute approximate surface area is 139 Å². The molecule has 2 heterocycles. The molecule has 0 atom stereocenters. The highest BCUT2D eigenvalue weighted by molar-refractivity contribution is 9.10. The van der Waals surface area contributed by atoms with Gasteiger partial charge in [-0.1, -0.05) is 33.2 Å². The molecule has 2 aromatic rings. The van der Waals surface area contributed by atoms with Crippen molar-refractivity contribution in [2.45, 2.75) is 13.5 Å². The van der Waals surface area contributed by atoms with Gasteiger partial charge in [-0.3, -0.25) is 14.5 Å². The van der Waals surface area contributed by atoms with Crippen LogP contribution in [0.15, 0.2) is 33.3 Å². The molecule has 3 rings (SSSR count). The van der Waals surface area contributed by atoms with Crippen LogP contribution in [0.2, 0.25) is 0 Å². The van der Waals surface area contributed by atoms with Crippen LogP contribution in [0.1, 0.15) is 12.8 Å². The van der Waals surface area contributed by atoms with E-state index in [1.807, 2.05) is 18.2 Å². The maximum absolute atomic E-state index is 12.0. The van der Waals surface area contributed by atoms with E-state index in [9.17, 15) is 14.4 Å². The van der Waals surface area contributed by atoms with Crippen LogP contribution in [0.25, 0.3) is 11.4 Å². The third kappa shape index (κ3) is 2.74. The summed E-state index contributed by atoms with van der Waals surface area (Å²) in [4.78, 5) is 41.3. The summed E-state index contributed by atoms with van der Waals surface area (Å²) in [6.45, 7) is 1.51. The number of benzene rings is 1. The van der Waals surface area contributed by atoms with Crippen molar-refractivity contribution in [3.05, 3.63) is 34.6 Å². The molecule has 1 aromatic heterocycles. The van der Waals surface area contributed by atoms with Crippen LogP contribution in [0.4, 0.5) is 4.79 Å². The number of carbonyl (C=O) groups excluding carboxylic acids is 3. The predicted octanol–water partition coefficient (Wildman–Crippen LogP) is 1.81. The summed E-state index contributed by atoms with van der Waals surface area (Å²) in [5, 5.41) is 3.82. The molecule has 0 radical (unpaired) electrons. The summed E-state index contributed by atoms with van der Waals surface area (Å²) >= 11 is 3.35. The van der Waals surface area contributed by atoms with Crippen LogP contribution < -0.4 is 0 Å². The summed E-state index contributed by atoms with van der Waals surface area (Å²) in [7, 11) is 0. The first kappa shape index (κ1) is 15.3. The standard InChI is InChI=1S/C14H11BrN4O4/c1-2-18-12(20)13(21)19(14(18)22)7-10-16-11(17-23-10)8-4-3-5-9(15)6-8/h3-6H,2,7H2,1H3.